The number of nitrogens with one attached hydrogen (secondary N) is 2. The number of aromatic nitrogens is 4. The van der Waals surface area contributed by atoms with E-state index >= 15 is 0 Å². The number of benzene rings is 1. The molecule has 0 bridgehead atoms. The Bertz CT molecular complexity index is 1260. The number of anilines is 2. The summed E-state index contributed by atoms with van der Waals surface area (Å²) in [5.41, 5.74) is 1.87. The summed E-state index contributed by atoms with van der Waals surface area (Å²) < 4.78 is 20.7. The van der Waals surface area contributed by atoms with E-state index in [9.17, 15) is 14.0 Å². The van der Waals surface area contributed by atoms with Gasteiger partial charge in [0.25, 0.3) is 0 Å². The Balaban J connectivity index is 1.02. The maximum atomic E-state index is 13.0. The predicted molar refractivity (Wildman–Crippen MR) is 134 cm³/mol. The van der Waals surface area contributed by atoms with E-state index in [4.69, 9.17) is 4.74 Å². The van der Waals surface area contributed by atoms with Crippen LogP contribution in [0, 0.1) is 18.4 Å². The maximum absolute atomic E-state index is 13.0. The summed E-state index contributed by atoms with van der Waals surface area (Å²) in [4.78, 5) is 33.8. The third kappa shape index (κ3) is 6.22. The molecule has 2 amide bonds. The van der Waals surface area contributed by atoms with E-state index < -0.39 is 6.08 Å². The largest absolute Gasteiger partial charge is 0.490 e. The van der Waals surface area contributed by atoms with Gasteiger partial charge in [-0.2, -0.15) is 14.5 Å². The molecule has 10 nitrogen and oxygen atoms in total. The molecule has 1 spiro atoms. The average molecular weight is 508 g/mol. The Labute approximate surface area is 214 Å². The van der Waals surface area contributed by atoms with Crippen molar-refractivity contribution >= 4 is 23.3 Å². The second kappa shape index (κ2) is 10.5. The number of hydrogen-bond donors (Lipinski definition) is 2. The SMILES string of the molecule is Cc1ccc(OC2CCC3(C2)CN(C(=O)Cn2cc(NC(=O)CCNc4ccnc(F)n4)cn2)C3)cc1. The van der Waals surface area contributed by atoms with Crippen molar-refractivity contribution in [2.24, 2.45) is 5.41 Å². The zero-order valence-corrected chi connectivity index (χ0v) is 20.7. The van der Waals surface area contributed by atoms with E-state index in [0.717, 1.165) is 38.1 Å². The van der Waals surface area contributed by atoms with Crippen LogP contribution < -0.4 is 15.4 Å². The molecule has 1 aromatic carbocycles. The highest BCUT2D eigenvalue weighted by molar-refractivity contribution is 5.90. The second-order valence-corrected chi connectivity index (χ2v) is 9.91. The summed E-state index contributed by atoms with van der Waals surface area (Å²) in [5.74, 6) is 0.988. The summed E-state index contributed by atoms with van der Waals surface area (Å²) in [7, 11) is 0. The number of carbonyl (C=O) groups is 2. The Morgan fingerprint density at radius 1 is 1.22 bits per heavy atom. The number of rotatable bonds is 9. The first-order valence-corrected chi connectivity index (χ1v) is 12.4. The molecule has 2 aliphatic rings. The molecular formula is C26H30FN7O3. The number of halogens is 1. The van der Waals surface area contributed by atoms with E-state index in [-0.39, 0.29) is 42.8 Å². The van der Waals surface area contributed by atoms with Crippen molar-refractivity contribution in [2.45, 2.75) is 45.3 Å². The van der Waals surface area contributed by atoms with Crippen LogP contribution >= 0.6 is 0 Å². The van der Waals surface area contributed by atoms with Crippen LogP contribution in [0.25, 0.3) is 0 Å². The average Bonchev–Trinajstić information content (AvgIpc) is 3.46. The van der Waals surface area contributed by atoms with E-state index in [1.807, 2.05) is 17.0 Å². The highest BCUT2D eigenvalue weighted by atomic mass is 19.1. The van der Waals surface area contributed by atoms with Crippen LogP contribution in [-0.2, 0) is 16.1 Å². The van der Waals surface area contributed by atoms with Gasteiger partial charge < -0.3 is 20.3 Å². The summed E-state index contributed by atoms with van der Waals surface area (Å²) in [6.07, 6.45) is 6.99. The van der Waals surface area contributed by atoms with Gasteiger partial charge >= 0.3 is 6.08 Å². The molecule has 1 unspecified atom stereocenters. The molecular weight excluding hydrogens is 477 g/mol. The van der Waals surface area contributed by atoms with Gasteiger partial charge in [-0.05, 0) is 44.4 Å². The molecule has 1 aliphatic heterocycles. The monoisotopic (exact) mass is 507 g/mol. The van der Waals surface area contributed by atoms with Crippen LogP contribution in [0.4, 0.5) is 15.9 Å². The highest BCUT2D eigenvalue weighted by Crippen LogP contribution is 2.46. The Morgan fingerprint density at radius 3 is 2.81 bits per heavy atom. The van der Waals surface area contributed by atoms with Crippen LogP contribution in [0.2, 0.25) is 0 Å². The summed E-state index contributed by atoms with van der Waals surface area (Å²) in [5, 5.41) is 9.82. The van der Waals surface area contributed by atoms with Gasteiger partial charge in [0.05, 0.1) is 18.0 Å². The topological polar surface area (TPSA) is 114 Å². The van der Waals surface area contributed by atoms with Crippen LogP contribution in [0.5, 0.6) is 5.75 Å². The predicted octanol–water partition coefficient (Wildman–Crippen LogP) is 3.02. The molecule has 194 valence electrons. The van der Waals surface area contributed by atoms with Crippen molar-refractivity contribution in [1.82, 2.24) is 24.6 Å². The van der Waals surface area contributed by atoms with Gasteiger partial charge in [-0.3, -0.25) is 14.3 Å². The molecule has 11 heteroatoms. The Morgan fingerprint density at radius 2 is 2.03 bits per heavy atom. The van der Waals surface area contributed by atoms with E-state index in [2.05, 4.69) is 44.8 Å². The molecule has 0 radical (unpaired) electrons. The van der Waals surface area contributed by atoms with Crippen LogP contribution in [0.1, 0.15) is 31.2 Å². The maximum Gasteiger partial charge on any atom is 0.310 e. The fraction of sp³-hybridized carbons (Fsp3) is 0.423. The van der Waals surface area contributed by atoms with Crippen molar-refractivity contribution in [3.8, 4) is 5.75 Å². The number of hydrogen-bond acceptors (Lipinski definition) is 7. The lowest BCUT2D eigenvalue weighted by Gasteiger charge is -2.48. The first-order chi connectivity index (χ1) is 17.9. The lowest BCUT2D eigenvalue weighted by atomic mass is 9.78. The standard InChI is InChI=1S/C26H30FN7O3/c1-18-2-4-20(5-3-18)37-21-6-9-26(12-21)16-33(17-26)24(36)15-34-14-19(13-30-34)31-23(35)8-11-28-22-7-10-29-25(27)32-22/h2-5,7,10,13-14,21H,6,8-9,11-12,15-17H2,1H3,(H,31,35)(H,28,29,32). The lowest BCUT2D eigenvalue weighted by molar-refractivity contribution is -0.144. The fourth-order valence-corrected chi connectivity index (χ4v) is 5.01. The molecule has 1 saturated carbocycles. The molecule has 37 heavy (non-hydrogen) atoms. The van der Waals surface area contributed by atoms with Gasteiger partial charge in [0.1, 0.15) is 18.1 Å². The van der Waals surface area contributed by atoms with Gasteiger partial charge in [-0.15, -0.1) is 0 Å². The van der Waals surface area contributed by atoms with Gasteiger partial charge in [0.2, 0.25) is 11.8 Å². The molecule has 3 aromatic rings. The van der Waals surface area contributed by atoms with Gasteiger partial charge in [-0.25, -0.2) is 4.98 Å². The number of aryl methyl sites for hydroxylation is 1. The summed E-state index contributed by atoms with van der Waals surface area (Å²) in [6, 6.07) is 9.65. The van der Waals surface area contributed by atoms with Crippen LogP contribution in [0.3, 0.4) is 0 Å². The van der Waals surface area contributed by atoms with Gasteiger partial charge in [0.15, 0.2) is 0 Å². The summed E-state index contributed by atoms with van der Waals surface area (Å²) >= 11 is 0. The molecule has 3 heterocycles. The van der Waals surface area contributed by atoms with Gasteiger partial charge in [-0.1, -0.05) is 17.7 Å². The number of likely N-dealkylation sites (tertiary alicyclic amines) is 1. The molecule has 5 rings (SSSR count). The van der Waals surface area contributed by atoms with E-state index in [1.165, 1.54) is 28.7 Å². The minimum absolute atomic E-state index is 0.00999. The minimum atomic E-state index is -0.829. The van der Waals surface area contributed by atoms with Crippen molar-refractivity contribution in [1.29, 1.82) is 0 Å². The minimum Gasteiger partial charge on any atom is -0.490 e. The Kier molecular flexibility index (Phi) is 7.02. The van der Waals surface area contributed by atoms with Crippen molar-refractivity contribution in [2.75, 3.05) is 30.3 Å². The summed E-state index contributed by atoms with van der Waals surface area (Å²) in [6.45, 7) is 3.95. The van der Waals surface area contributed by atoms with Crippen molar-refractivity contribution < 1.29 is 18.7 Å². The number of ether oxygens (including phenoxy) is 1. The van der Waals surface area contributed by atoms with Crippen LogP contribution in [-0.4, -0.2) is 62.2 Å². The molecule has 2 aromatic heterocycles. The van der Waals surface area contributed by atoms with E-state index in [1.54, 1.807) is 6.20 Å². The van der Waals surface area contributed by atoms with Gasteiger partial charge in [0, 0.05) is 43.9 Å². The first-order valence-electron chi connectivity index (χ1n) is 12.4. The zero-order chi connectivity index (χ0) is 25.8. The number of amides is 2. The molecule has 1 atom stereocenters. The quantitative estimate of drug-likeness (QED) is 0.428. The fourth-order valence-electron chi connectivity index (χ4n) is 5.01. The number of nitrogens with zero attached hydrogens (tertiary/aromatic N) is 5. The van der Waals surface area contributed by atoms with Crippen molar-refractivity contribution in [3.63, 3.8) is 0 Å². The first kappa shape index (κ1) is 24.7. The third-order valence-electron chi connectivity index (χ3n) is 6.88. The molecule has 2 N–H and O–H groups in total. The molecule has 2 fully saturated rings. The lowest BCUT2D eigenvalue weighted by Crippen LogP contribution is -2.58. The van der Waals surface area contributed by atoms with Crippen molar-refractivity contribution in [3.05, 3.63) is 60.6 Å². The molecule has 1 aliphatic carbocycles. The Hall–Kier alpha value is -4.02. The second-order valence-electron chi connectivity index (χ2n) is 9.91. The normalized spacial score (nSPS) is 17.9. The third-order valence-corrected chi connectivity index (χ3v) is 6.88. The molecule has 1 saturated heterocycles. The number of carbonyl (C=O) groups excluding carboxylic acids is 2. The zero-order valence-electron chi connectivity index (χ0n) is 20.7. The highest BCUT2D eigenvalue weighted by Gasteiger charge is 2.50. The van der Waals surface area contributed by atoms with Crippen LogP contribution in [0.15, 0.2) is 48.9 Å². The van der Waals surface area contributed by atoms with E-state index in [0.29, 0.717) is 11.5 Å². The smallest absolute Gasteiger partial charge is 0.310 e.